The molecule has 4 aliphatic carbocycles. The second-order valence-electron chi connectivity index (χ2n) is 18.5. The maximum absolute atomic E-state index is 12.5. The van der Waals surface area contributed by atoms with Crippen molar-refractivity contribution in [3.05, 3.63) is 13.8 Å². The monoisotopic (exact) mass is 934 g/mol. The third-order valence-corrected chi connectivity index (χ3v) is 14.0. The molecule has 63 heavy (non-hydrogen) atoms. The minimum atomic E-state index is -0.772. The van der Waals surface area contributed by atoms with Crippen molar-refractivity contribution in [1.82, 2.24) is 0 Å². The van der Waals surface area contributed by atoms with Crippen LogP contribution >= 0.6 is 0 Å². The van der Waals surface area contributed by atoms with Gasteiger partial charge in [-0.05, 0) is 126 Å². The van der Waals surface area contributed by atoms with Gasteiger partial charge in [0.05, 0.1) is 23.7 Å². The molecule has 0 bridgehead atoms. The third kappa shape index (κ3) is 21.4. The molecule has 0 unspecified atom stereocenters. The summed E-state index contributed by atoms with van der Waals surface area (Å²) in [6, 6.07) is 0. The maximum atomic E-state index is 12.5. The van der Waals surface area contributed by atoms with Gasteiger partial charge in [0, 0.05) is 12.8 Å². The average Bonchev–Trinajstić information content (AvgIpc) is 3.30. The van der Waals surface area contributed by atoms with E-state index in [0.717, 1.165) is 128 Å². The van der Waals surface area contributed by atoms with Crippen molar-refractivity contribution in [3.63, 3.8) is 0 Å². The van der Waals surface area contributed by atoms with Crippen molar-refractivity contribution >= 4 is 35.8 Å². The van der Waals surface area contributed by atoms with Crippen LogP contribution in [0.15, 0.2) is 0 Å². The van der Waals surface area contributed by atoms with Gasteiger partial charge in [-0.25, -0.2) is 0 Å². The normalized spacial score (nSPS) is 26.8. The van der Waals surface area contributed by atoms with Crippen LogP contribution in [0, 0.1) is 61.2 Å². The summed E-state index contributed by atoms with van der Waals surface area (Å²) < 4.78 is 32.7. The number of rotatable bonds is 22. The first-order chi connectivity index (χ1) is 29.9. The molecule has 0 saturated heterocycles. The molecule has 4 aliphatic rings. The van der Waals surface area contributed by atoms with Gasteiger partial charge in [-0.1, -0.05) is 53.4 Å². The van der Waals surface area contributed by atoms with Gasteiger partial charge in [-0.3, -0.25) is 28.8 Å². The molecule has 0 radical (unpaired) electrons. The average molecular weight is 935 g/mol. The van der Waals surface area contributed by atoms with Gasteiger partial charge in [0.25, 0.3) is 0 Å². The third-order valence-electron chi connectivity index (χ3n) is 14.0. The van der Waals surface area contributed by atoms with E-state index in [9.17, 15) is 28.8 Å². The van der Waals surface area contributed by atoms with E-state index in [2.05, 4.69) is 41.5 Å². The van der Waals surface area contributed by atoms with Crippen molar-refractivity contribution in [3.8, 4) is 0 Å². The Hall–Kier alpha value is -2.69. The Labute approximate surface area is 389 Å². The van der Waals surface area contributed by atoms with Crippen LogP contribution < -0.4 is 0 Å². The van der Waals surface area contributed by atoms with Crippen LogP contribution in [0.1, 0.15) is 182 Å². The number of hydrogen-bond donors (Lipinski definition) is 0. The van der Waals surface area contributed by atoms with Crippen LogP contribution in [-0.4, -0.2) is 74.5 Å². The first-order valence-electron chi connectivity index (χ1n) is 24.6. The zero-order valence-electron chi connectivity index (χ0n) is 39.2. The molecule has 0 aromatic rings. The molecule has 0 N–H and O–H groups in total. The van der Waals surface area contributed by atoms with E-state index in [4.69, 9.17) is 28.4 Å². The fourth-order valence-corrected chi connectivity index (χ4v) is 9.41. The fraction of sp³-hybridized carbons (Fsp3) is 0.840. The minimum absolute atomic E-state index is 0. The van der Waals surface area contributed by atoms with Gasteiger partial charge >= 0.3 is 52.3 Å². The zero-order valence-corrected chi connectivity index (χ0v) is 40.3. The van der Waals surface area contributed by atoms with Crippen molar-refractivity contribution in [2.45, 2.75) is 194 Å². The molecule has 0 amide bonds. The molecule has 0 aliphatic heterocycles. The number of hydrogen-bond acceptors (Lipinski definition) is 12. The van der Waals surface area contributed by atoms with Crippen molar-refractivity contribution in [2.24, 2.45) is 47.3 Å². The van der Waals surface area contributed by atoms with Crippen LogP contribution in [-0.2, 0) is 73.7 Å². The molecule has 4 rings (SSSR count). The molecule has 0 aromatic heterocycles. The summed E-state index contributed by atoms with van der Waals surface area (Å²) in [6.45, 7) is 15.7. The summed E-state index contributed by atoms with van der Waals surface area (Å²) in [5, 5.41) is 0. The Morgan fingerprint density at radius 2 is 0.603 bits per heavy atom. The van der Waals surface area contributed by atoms with Gasteiger partial charge in [0.15, 0.2) is 12.2 Å². The van der Waals surface area contributed by atoms with E-state index in [1.54, 1.807) is 0 Å². The molecule has 0 aromatic carbocycles. The summed E-state index contributed by atoms with van der Waals surface area (Å²) >= 11 is 0. The van der Waals surface area contributed by atoms with Gasteiger partial charge in [0.1, 0.15) is 26.4 Å². The Bertz CT molecular complexity index is 1140. The molecule has 367 valence electrons. The number of carbonyl (C=O) groups is 6. The fourth-order valence-electron chi connectivity index (χ4n) is 9.41. The summed E-state index contributed by atoms with van der Waals surface area (Å²) in [5.74, 6) is 0.663. The summed E-state index contributed by atoms with van der Waals surface area (Å²) in [7, 11) is 0. The molecule has 13 heteroatoms. The van der Waals surface area contributed by atoms with Crippen LogP contribution in [0.4, 0.5) is 0 Å². The topological polar surface area (TPSA) is 158 Å². The van der Waals surface area contributed by atoms with E-state index in [1.165, 1.54) is 0 Å². The molecular weight excluding hydrogens is 851 g/mol. The SMILES string of the molecule is [CH2-]CCC(=O)OC(COC(=O)C1CCC(CC)CC1)COC(=O)C1CCC(CC)CC1.[CH2-]CCC(=O)OC(COC(=O)C1CCC(CC)CC1)COC(=O)C1CCC(CC)CC1.[NiH]. The van der Waals surface area contributed by atoms with E-state index < -0.39 is 24.1 Å². The predicted molar refractivity (Wildman–Crippen MR) is 237 cm³/mol. The number of carbonyl (C=O) groups excluding carboxylic acids is 6. The van der Waals surface area contributed by atoms with Crippen LogP contribution in [0.5, 0.6) is 0 Å². The predicted octanol–water partition coefficient (Wildman–Crippen LogP) is 9.79. The molecule has 0 heterocycles. The Balaban J connectivity index is 0.000000427. The van der Waals surface area contributed by atoms with Crippen LogP contribution in [0.2, 0.25) is 0 Å². The van der Waals surface area contributed by atoms with Gasteiger partial charge in [-0.2, -0.15) is 12.8 Å². The van der Waals surface area contributed by atoms with Crippen molar-refractivity contribution in [2.75, 3.05) is 26.4 Å². The van der Waals surface area contributed by atoms with Crippen molar-refractivity contribution in [1.29, 1.82) is 0 Å². The Morgan fingerprint density at radius 1 is 0.397 bits per heavy atom. The summed E-state index contributed by atoms with van der Waals surface area (Å²) in [6.07, 6.45) is 19.4. The quantitative estimate of drug-likeness (QED) is 0.0439. The molecule has 0 atom stereocenters. The number of esters is 6. The molecule has 12 nitrogen and oxygen atoms in total. The second-order valence-corrected chi connectivity index (χ2v) is 18.5. The zero-order chi connectivity index (χ0) is 45.3. The standard InChI is InChI=1S/2C25H41O6.Ni.H/c2*1-4-7-23(26)31-22(16-29-24(27)20-12-8-18(5-2)9-13-20)17-30-25(28)21-14-10-19(6-3)11-15-21;;/h2*18-22H,1,4-17H2,2-3H3;;/q2*-1;;. The van der Waals surface area contributed by atoms with Crippen LogP contribution in [0.25, 0.3) is 0 Å². The van der Waals surface area contributed by atoms with Gasteiger partial charge < -0.3 is 42.3 Å². The number of ether oxygens (including phenoxy) is 6. The first kappa shape index (κ1) is 56.4. The Morgan fingerprint density at radius 3 is 0.778 bits per heavy atom. The second kappa shape index (κ2) is 32.1. The van der Waals surface area contributed by atoms with Crippen LogP contribution in [0.3, 0.4) is 0 Å². The van der Waals surface area contributed by atoms with Gasteiger partial charge in [-0.15, -0.1) is 0 Å². The molecular formula is C50H83NiO12-2. The summed E-state index contributed by atoms with van der Waals surface area (Å²) in [4.78, 5) is 73.8. The van der Waals surface area contributed by atoms with E-state index in [1.807, 2.05) is 0 Å². The van der Waals surface area contributed by atoms with E-state index in [-0.39, 0.29) is 103 Å². The van der Waals surface area contributed by atoms with Gasteiger partial charge in [0.2, 0.25) is 0 Å². The Kier molecular flexibility index (Phi) is 28.7. The van der Waals surface area contributed by atoms with E-state index in [0.29, 0.717) is 36.5 Å². The molecule has 0 spiro atoms. The summed E-state index contributed by atoms with van der Waals surface area (Å²) in [5.41, 5.74) is 0. The van der Waals surface area contributed by atoms with Crippen molar-refractivity contribution < 1.29 is 73.7 Å². The first-order valence-corrected chi connectivity index (χ1v) is 24.6. The van der Waals surface area contributed by atoms with E-state index >= 15 is 0 Å². The molecule has 4 saturated carbocycles. The molecule has 4 fully saturated rings.